The van der Waals surface area contributed by atoms with Gasteiger partial charge in [0.05, 0.1) is 0 Å². The van der Waals surface area contributed by atoms with Gasteiger partial charge in [-0.25, -0.2) is 0 Å². The summed E-state index contributed by atoms with van der Waals surface area (Å²) in [5, 5.41) is 0. The molecule has 1 heteroatoms. The normalized spacial score (nSPS) is 10.9. The molecule has 3 aromatic rings. The molecule has 0 N–H and O–H groups in total. The molecule has 0 saturated heterocycles. The highest BCUT2D eigenvalue weighted by Gasteiger charge is 2.10. The Balaban J connectivity index is 1.96. The Hall–Kier alpha value is -2.80. The van der Waals surface area contributed by atoms with Gasteiger partial charge in [0.25, 0.3) is 0 Å². The van der Waals surface area contributed by atoms with Crippen molar-refractivity contribution in [3.63, 3.8) is 0 Å². The molecule has 0 unspecified atom stereocenters. The minimum Gasteiger partial charge on any atom is -0.337 e. The summed E-state index contributed by atoms with van der Waals surface area (Å²) in [5.41, 5.74) is 6.22. The van der Waals surface area contributed by atoms with Gasteiger partial charge in [-0.1, -0.05) is 72.3 Å². The van der Waals surface area contributed by atoms with Crippen molar-refractivity contribution in [2.24, 2.45) is 0 Å². The van der Waals surface area contributed by atoms with Gasteiger partial charge in [-0.2, -0.15) is 0 Å². The summed E-state index contributed by atoms with van der Waals surface area (Å²) >= 11 is 0. The van der Waals surface area contributed by atoms with E-state index in [1.807, 2.05) is 6.92 Å². The van der Waals surface area contributed by atoms with Crippen LogP contribution in [0.5, 0.6) is 0 Å². The Morgan fingerprint density at radius 1 is 0.750 bits per heavy atom. The van der Waals surface area contributed by atoms with Crippen molar-refractivity contribution in [1.29, 1.82) is 0 Å². The highest BCUT2D eigenvalue weighted by atomic mass is 15.1. The van der Waals surface area contributed by atoms with Crippen LogP contribution in [0.15, 0.2) is 84.9 Å². The molecule has 0 fully saturated rings. The topological polar surface area (TPSA) is 3.24 Å². The lowest BCUT2D eigenvalue weighted by molar-refractivity contribution is 0.975. The third-order valence-electron chi connectivity index (χ3n) is 4.09. The lowest BCUT2D eigenvalue weighted by Crippen LogP contribution is -2.16. The molecule has 120 valence electrons. The predicted molar refractivity (Wildman–Crippen MR) is 105 cm³/mol. The largest absolute Gasteiger partial charge is 0.337 e. The third-order valence-corrected chi connectivity index (χ3v) is 4.09. The molecule has 0 aliphatic carbocycles. The Labute approximate surface area is 144 Å². The molecule has 0 radical (unpaired) electrons. The second-order valence-electron chi connectivity index (χ2n) is 6.00. The van der Waals surface area contributed by atoms with E-state index in [1.165, 1.54) is 28.1 Å². The number of aryl methyl sites for hydroxylation is 1. The summed E-state index contributed by atoms with van der Waals surface area (Å²) < 4.78 is 0. The number of allylic oxidation sites excluding steroid dienone is 1. The molecule has 0 amide bonds. The van der Waals surface area contributed by atoms with Gasteiger partial charge < -0.3 is 4.90 Å². The van der Waals surface area contributed by atoms with Crippen LogP contribution in [0.1, 0.15) is 23.6 Å². The quantitative estimate of drug-likeness (QED) is 0.529. The molecular weight excluding hydrogens is 290 g/mol. The van der Waals surface area contributed by atoms with E-state index in [0.29, 0.717) is 0 Å². The molecule has 0 heterocycles. The third kappa shape index (κ3) is 3.94. The molecule has 0 aromatic heterocycles. The molecule has 3 rings (SSSR count). The van der Waals surface area contributed by atoms with Crippen LogP contribution in [0.4, 0.5) is 11.4 Å². The fraction of sp³-hybridized carbons (Fsp3) is 0.130. The number of hydrogen-bond donors (Lipinski definition) is 0. The molecule has 1 nitrogen and oxygen atoms in total. The molecule has 0 aliphatic heterocycles. The Bertz CT molecular complexity index is 784. The van der Waals surface area contributed by atoms with E-state index in [4.69, 9.17) is 0 Å². The van der Waals surface area contributed by atoms with Crippen LogP contribution in [0, 0.1) is 6.92 Å². The number of hydrogen-bond acceptors (Lipinski definition) is 1. The molecule has 3 aromatic carbocycles. The van der Waals surface area contributed by atoms with E-state index < -0.39 is 0 Å². The highest BCUT2D eigenvalue weighted by Crippen LogP contribution is 2.28. The maximum atomic E-state index is 2.36. The zero-order valence-corrected chi connectivity index (χ0v) is 14.3. The van der Waals surface area contributed by atoms with Gasteiger partial charge in [-0.05, 0) is 49.2 Å². The highest BCUT2D eigenvalue weighted by molar-refractivity contribution is 5.65. The van der Waals surface area contributed by atoms with Gasteiger partial charge in [0.15, 0.2) is 0 Å². The van der Waals surface area contributed by atoms with E-state index >= 15 is 0 Å². The van der Waals surface area contributed by atoms with Gasteiger partial charge in [0.2, 0.25) is 0 Å². The minimum atomic E-state index is 0.854. The lowest BCUT2D eigenvalue weighted by atomic mass is 10.1. The standard InChI is InChI=1S/C23H23N/c1-3-7-20-12-16-23(17-13-20)24(18-21-8-5-4-6-9-21)22-14-10-19(2)11-15-22/h3-17H,18H2,1-2H3. The van der Waals surface area contributed by atoms with Crippen LogP contribution in [-0.2, 0) is 6.54 Å². The number of benzene rings is 3. The molecule has 24 heavy (non-hydrogen) atoms. The maximum absolute atomic E-state index is 2.36. The molecular formula is C23H23N. The van der Waals surface area contributed by atoms with Crippen molar-refractivity contribution < 1.29 is 0 Å². The van der Waals surface area contributed by atoms with Crippen LogP contribution in [0.25, 0.3) is 6.08 Å². The van der Waals surface area contributed by atoms with E-state index in [1.54, 1.807) is 0 Å². The number of rotatable bonds is 5. The van der Waals surface area contributed by atoms with Crippen LogP contribution in [0.2, 0.25) is 0 Å². The summed E-state index contributed by atoms with van der Waals surface area (Å²) in [6, 6.07) is 28.0. The fourth-order valence-corrected chi connectivity index (χ4v) is 2.78. The number of anilines is 2. The summed E-state index contributed by atoms with van der Waals surface area (Å²) in [4.78, 5) is 2.36. The van der Waals surface area contributed by atoms with E-state index in [-0.39, 0.29) is 0 Å². The van der Waals surface area contributed by atoms with Crippen molar-refractivity contribution in [2.45, 2.75) is 20.4 Å². The molecule has 0 aliphatic rings. The second-order valence-corrected chi connectivity index (χ2v) is 6.00. The first-order valence-electron chi connectivity index (χ1n) is 8.37. The second kappa shape index (κ2) is 7.65. The van der Waals surface area contributed by atoms with Crippen LogP contribution in [0.3, 0.4) is 0 Å². The molecule has 0 atom stereocenters. The van der Waals surface area contributed by atoms with Gasteiger partial charge in [-0.3, -0.25) is 0 Å². The Morgan fingerprint density at radius 2 is 1.33 bits per heavy atom. The van der Waals surface area contributed by atoms with E-state index in [0.717, 1.165) is 6.54 Å². The van der Waals surface area contributed by atoms with Crippen molar-refractivity contribution in [3.05, 3.63) is 102 Å². The van der Waals surface area contributed by atoms with Crippen molar-refractivity contribution >= 4 is 17.5 Å². The SMILES string of the molecule is CC=Cc1ccc(N(Cc2ccccc2)c2ccc(C)cc2)cc1. The van der Waals surface area contributed by atoms with E-state index in [2.05, 4.69) is 103 Å². The molecule has 0 saturated carbocycles. The van der Waals surface area contributed by atoms with Gasteiger partial charge in [0.1, 0.15) is 0 Å². The van der Waals surface area contributed by atoms with Crippen molar-refractivity contribution in [1.82, 2.24) is 0 Å². The van der Waals surface area contributed by atoms with Gasteiger partial charge in [-0.15, -0.1) is 0 Å². The summed E-state index contributed by atoms with van der Waals surface area (Å²) in [6.45, 7) is 5.02. The smallest absolute Gasteiger partial charge is 0.0481 e. The van der Waals surface area contributed by atoms with Gasteiger partial charge >= 0.3 is 0 Å². The summed E-state index contributed by atoms with van der Waals surface area (Å²) in [5.74, 6) is 0. The first-order valence-corrected chi connectivity index (χ1v) is 8.37. The van der Waals surface area contributed by atoms with Crippen LogP contribution in [-0.4, -0.2) is 0 Å². The summed E-state index contributed by atoms with van der Waals surface area (Å²) in [6.07, 6.45) is 4.19. The molecule has 0 spiro atoms. The molecule has 0 bridgehead atoms. The van der Waals surface area contributed by atoms with Crippen LogP contribution < -0.4 is 4.90 Å². The Kier molecular flexibility index (Phi) is 5.12. The summed E-state index contributed by atoms with van der Waals surface area (Å²) in [7, 11) is 0. The Morgan fingerprint density at radius 3 is 1.92 bits per heavy atom. The zero-order chi connectivity index (χ0) is 16.8. The predicted octanol–water partition coefficient (Wildman–Crippen LogP) is 6.37. The van der Waals surface area contributed by atoms with Crippen molar-refractivity contribution in [3.8, 4) is 0 Å². The minimum absolute atomic E-state index is 0.854. The van der Waals surface area contributed by atoms with Crippen molar-refractivity contribution in [2.75, 3.05) is 4.90 Å². The average Bonchev–Trinajstić information content (AvgIpc) is 2.63. The first-order chi connectivity index (χ1) is 11.8. The first kappa shape index (κ1) is 16.1. The van der Waals surface area contributed by atoms with Crippen LogP contribution >= 0.6 is 0 Å². The average molecular weight is 313 g/mol. The maximum Gasteiger partial charge on any atom is 0.0481 e. The lowest BCUT2D eigenvalue weighted by Gasteiger charge is -2.25. The fourth-order valence-electron chi connectivity index (χ4n) is 2.78. The number of nitrogens with zero attached hydrogens (tertiary/aromatic N) is 1. The van der Waals surface area contributed by atoms with E-state index in [9.17, 15) is 0 Å². The zero-order valence-electron chi connectivity index (χ0n) is 14.3. The van der Waals surface area contributed by atoms with Gasteiger partial charge in [0, 0.05) is 17.9 Å². The monoisotopic (exact) mass is 313 g/mol.